The fraction of sp³-hybridized carbons (Fsp3) is 0.214. The monoisotopic (exact) mass is 313 g/mol. The number of aromatic nitrogens is 2. The second-order valence-corrected chi connectivity index (χ2v) is 4.34. The van der Waals surface area contributed by atoms with E-state index in [1.54, 1.807) is 19.0 Å². The highest BCUT2D eigenvalue weighted by Gasteiger charge is 2.11. The molecule has 0 aliphatic rings. The number of H-pyrrole nitrogens is 1. The zero-order valence-electron chi connectivity index (χ0n) is 11.4. The minimum absolute atomic E-state index is 0. The minimum atomic E-state index is 0. The first kappa shape index (κ1) is 18.4. The van der Waals surface area contributed by atoms with Crippen LogP contribution in [-0.4, -0.2) is 24.9 Å². The predicted molar refractivity (Wildman–Crippen MR) is 67.3 cm³/mol. The van der Waals surface area contributed by atoms with Crippen LogP contribution in [0.1, 0.15) is 0 Å². The molecule has 0 saturated heterocycles. The van der Waals surface area contributed by atoms with Crippen molar-refractivity contribution >= 4 is 5.91 Å². The molecular weight excluding hydrogens is 297 g/mol. The number of hydrogen-bond donors (Lipinski definition) is 0. The highest BCUT2D eigenvalue weighted by molar-refractivity contribution is 5.73. The molecule has 2 aromatic rings. The van der Waals surface area contributed by atoms with E-state index in [0.29, 0.717) is 6.54 Å². The maximum absolute atomic E-state index is 11.6. The Labute approximate surface area is 131 Å². The van der Waals surface area contributed by atoms with Gasteiger partial charge in [-0.2, -0.15) is 4.57 Å². The van der Waals surface area contributed by atoms with Gasteiger partial charge >= 0.3 is 0 Å². The summed E-state index contributed by atoms with van der Waals surface area (Å²) >= 11 is 0. The quantitative estimate of drug-likeness (QED) is 0.521. The summed E-state index contributed by atoms with van der Waals surface area (Å²) in [4.78, 5) is 16.2. The van der Waals surface area contributed by atoms with E-state index in [0.717, 1.165) is 11.1 Å². The van der Waals surface area contributed by atoms with Gasteiger partial charge in [-0.05, 0) is 11.1 Å². The fourth-order valence-corrected chi connectivity index (χ4v) is 1.63. The maximum atomic E-state index is 11.6. The van der Waals surface area contributed by atoms with Gasteiger partial charge in [0.15, 0.2) is 24.8 Å². The number of halogens is 2. The van der Waals surface area contributed by atoms with Crippen LogP contribution in [0, 0.1) is 0 Å². The van der Waals surface area contributed by atoms with Crippen molar-refractivity contribution in [2.45, 2.75) is 6.54 Å². The Morgan fingerprint density at radius 3 is 2.05 bits per heavy atom. The lowest BCUT2D eigenvalue weighted by atomic mass is 10.1. The first-order chi connectivity index (χ1) is 8.66. The molecule has 0 spiro atoms. The molecule has 2 heterocycles. The Kier molecular flexibility index (Phi) is 7.80. The summed E-state index contributed by atoms with van der Waals surface area (Å²) in [7, 11) is 3.52. The molecular formula is C14H17Cl2N3O. The highest BCUT2D eigenvalue weighted by Crippen LogP contribution is 2.14. The summed E-state index contributed by atoms with van der Waals surface area (Å²) in [5, 5.41) is 0. The first-order valence-electron chi connectivity index (χ1n) is 5.82. The summed E-state index contributed by atoms with van der Waals surface area (Å²) in [5.41, 5.74) is 2.29. The van der Waals surface area contributed by atoms with E-state index < -0.39 is 0 Å². The first-order valence-corrected chi connectivity index (χ1v) is 5.82. The zero-order valence-corrected chi connectivity index (χ0v) is 12.9. The Hall–Kier alpha value is -1.65. The van der Waals surface area contributed by atoms with Crippen molar-refractivity contribution in [2.75, 3.05) is 14.1 Å². The molecule has 20 heavy (non-hydrogen) atoms. The molecule has 0 aliphatic heterocycles. The van der Waals surface area contributed by atoms with Crippen LogP contribution in [0.3, 0.4) is 0 Å². The Morgan fingerprint density at radius 2 is 1.55 bits per heavy atom. The van der Waals surface area contributed by atoms with Gasteiger partial charge in [0, 0.05) is 38.4 Å². The molecule has 0 saturated carbocycles. The molecule has 0 aliphatic carbocycles. The summed E-state index contributed by atoms with van der Waals surface area (Å²) in [6.45, 7) is 0.371. The van der Waals surface area contributed by atoms with Crippen molar-refractivity contribution in [3.05, 3.63) is 49.1 Å². The fourth-order valence-electron chi connectivity index (χ4n) is 1.63. The number of carbonyl (C=O) groups excluding carboxylic acids is 1. The van der Waals surface area contributed by atoms with Crippen molar-refractivity contribution < 1.29 is 39.2 Å². The Balaban J connectivity index is 0.00000180. The summed E-state index contributed by atoms with van der Waals surface area (Å²) in [6.07, 6.45) is 7.64. The van der Waals surface area contributed by atoms with Gasteiger partial charge in [-0.25, -0.2) is 4.98 Å². The third kappa shape index (κ3) is 4.79. The van der Waals surface area contributed by atoms with Crippen LogP contribution in [0.5, 0.6) is 0 Å². The smallest absolute Gasteiger partial charge is 0.288 e. The van der Waals surface area contributed by atoms with Crippen LogP contribution >= 0.6 is 0 Å². The number of nitrogens with zero attached hydrogens (tertiary/aromatic N) is 2. The molecule has 1 N–H and O–H groups in total. The lowest BCUT2D eigenvalue weighted by Crippen LogP contribution is -3.00. The number of pyridine rings is 2. The third-order valence-corrected chi connectivity index (χ3v) is 2.76. The number of likely N-dealkylation sites (N-methyl/N-ethyl adjacent to an activating group) is 1. The summed E-state index contributed by atoms with van der Waals surface area (Å²) < 4.78 is 1.88. The molecule has 1 amide bonds. The van der Waals surface area contributed by atoms with Crippen molar-refractivity contribution in [2.24, 2.45) is 0 Å². The van der Waals surface area contributed by atoms with Crippen LogP contribution in [0.2, 0.25) is 0 Å². The maximum Gasteiger partial charge on any atom is 0.288 e. The Morgan fingerprint density at radius 1 is 1.05 bits per heavy atom. The van der Waals surface area contributed by atoms with E-state index in [-0.39, 0.29) is 30.7 Å². The van der Waals surface area contributed by atoms with Crippen LogP contribution in [0.4, 0.5) is 0 Å². The number of rotatable bonds is 3. The SMILES string of the molecule is CN(C)C(=O)C[n+]1ccc(-c2cc[nH+]cc2)cc1.[Cl-].[Cl-]. The molecule has 4 nitrogen and oxygen atoms in total. The van der Waals surface area contributed by atoms with E-state index in [9.17, 15) is 4.79 Å². The van der Waals surface area contributed by atoms with Gasteiger partial charge in [0.25, 0.3) is 5.91 Å². The molecule has 2 rings (SSSR count). The average molecular weight is 314 g/mol. The molecule has 0 radical (unpaired) electrons. The molecule has 0 fully saturated rings. The van der Waals surface area contributed by atoms with Crippen LogP contribution in [0.25, 0.3) is 11.1 Å². The van der Waals surface area contributed by atoms with Crippen LogP contribution < -0.4 is 34.4 Å². The van der Waals surface area contributed by atoms with Crippen molar-refractivity contribution in [1.82, 2.24) is 4.90 Å². The van der Waals surface area contributed by atoms with Crippen molar-refractivity contribution in [1.29, 1.82) is 0 Å². The van der Waals surface area contributed by atoms with E-state index in [2.05, 4.69) is 4.98 Å². The second-order valence-electron chi connectivity index (χ2n) is 4.34. The van der Waals surface area contributed by atoms with Crippen molar-refractivity contribution in [3.8, 4) is 11.1 Å². The summed E-state index contributed by atoms with van der Waals surface area (Å²) in [5.74, 6) is 0.0852. The normalized spacial score (nSPS) is 9.10. The Bertz CT molecular complexity index is 530. The molecule has 0 aromatic carbocycles. The average Bonchev–Trinajstić information content (AvgIpc) is 2.40. The number of carbonyl (C=O) groups is 1. The van der Waals surface area contributed by atoms with E-state index in [4.69, 9.17) is 0 Å². The van der Waals surface area contributed by atoms with Crippen LogP contribution in [0.15, 0.2) is 49.1 Å². The number of hydrogen-bond acceptors (Lipinski definition) is 1. The minimum Gasteiger partial charge on any atom is -1.00 e. The zero-order chi connectivity index (χ0) is 13.0. The number of amides is 1. The number of nitrogens with one attached hydrogen (secondary N) is 1. The third-order valence-electron chi connectivity index (χ3n) is 2.76. The van der Waals surface area contributed by atoms with E-state index in [1.807, 2.05) is 53.6 Å². The molecule has 0 unspecified atom stereocenters. The van der Waals surface area contributed by atoms with Gasteiger partial charge in [-0.3, -0.25) is 4.79 Å². The van der Waals surface area contributed by atoms with Gasteiger partial charge in [-0.1, -0.05) is 0 Å². The van der Waals surface area contributed by atoms with E-state index in [1.165, 1.54) is 0 Å². The highest BCUT2D eigenvalue weighted by atomic mass is 35.5. The topological polar surface area (TPSA) is 38.3 Å². The molecule has 0 bridgehead atoms. The molecule has 2 aromatic heterocycles. The van der Waals surface area contributed by atoms with Gasteiger partial charge in [0.1, 0.15) is 0 Å². The van der Waals surface area contributed by atoms with E-state index >= 15 is 0 Å². The standard InChI is InChI=1S/C14H16N3O.2ClH/c1-16(2)14(18)11-17-9-5-13(6-10-17)12-3-7-15-8-4-12;;/h3-10H,11H2,1-2H3;2*1H/q+1;;/p-1. The summed E-state index contributed by atoms with van der Waals surface area (Å²) in [6, 6.07) is 8.06. The number of aromatic amines is 1. The lowest BCUT2D eigenvalue weighted by Gasteiger charge is -2.07. The lowest BCUT2D eigenvalue weighted by molar-refractivity contribution is -0.685. The molecule has 6 heteroatoms. The van der Waals surface area contributed by atoms with Gasteiger partial charge in [0.2, 0.25) is 6.54 Å². The largest absolute Gasteiger partial charge is 1.00 e. The van der Waals surface area contributed by atoms with Gasteiger partial charge < -0.3 is 29.7 Å². The van der Waals surface area contributed by atoms with Crippen molar-refractivity contribution in [3.63, 3.8) is 0 Å². The predicted octanol–water partition coefficient (Wildman–Crippen LogP) is -5.45. The molecule has 0 atom stereocenters. The van der Waals surface area contributed by atoms with Gasteiger partial charge in [0.05, 0.1) is 0 Å². The van der Waals surface area contributed by atoms with Crippen LogP contribution in [-0.2, 0) is 11.3 Å². The van der Waals surface area contributed by atoms with Gasteiger partial charge in [-0.15, -0.1) is 0 Å². The second kappa shape index (κ2) is 8.51. The molecule has 108 valence electrons.